The number of rotatable bonds is 8. The van der Waals surface area contributed by atoms with Gasteiger partial charge in [0.25, 0.3) is 5.91 Å². The van der Waals surface area contributed by atoms with Gasteiger partial charge in [-0.3, -0.25) is 9.59 Å². The van der Waals surface area contributed by atoms with E-state index in [1.54, 1.807) is 48.5 Å². The number of hydrogen-bond acceptors (Lipinski definition) is 4. The van der Waals surface area contributed by atoms with Gasteiger partial charge in [-0.25, -0.2) is 4.79 Å². The largest absolute Gasteiger partial charge is 0.480 e. The maximum atomic E-state index is 12.3. The number of amides is 1. The fourth-order valence-electron chi connectivity index (χ4n) is 2.50. The molecule has 0 fully saturated rings. The molecule has 27 heavy (non-hydrogen) atoms. The lowest BCUT2D eigenvalue weighted by molar-refractivity contribution is -0.139. The summed E-state index contributed by atoms with van der Waals surface area (Å²) in [6.07, 6.45) is 0.360. The molecule has 0 heterocycles. The van der Waals surface area contributed by atoms with Crippen LogP contribution in [0.15, 0.2) is 48.5 Å². The van der Waals surface area contributed by atoms with Crippen LogP contribution in [0.4, 0.5) is 0 Å². The van der Waals surface area contributed by atoms with Gasteiger partial charge in [-0.15, -0.1) is 0 Å². The van der Waals surface area contributed by atoms with Crippen LogP contribution in [0.2, 0.25) is 0 Å². The van der Waals surface area contributed by atoms with Crippen LogP contribution in [-0.2, 0) is 4.79 Å². The molecular formula is C21H23NO5. The lowest BCUT2D eigenvalue weighted by Crippen LogP contribution is -2.41. The summed E-state index contributed by atoms with van der Waals surface area (Å²) in [5, 5.41) is 11.8. The Hall–Kier alpha value is -3.15. The predicted molar refractivity (Wildman–Crippen MR) is 101 cm³/mol. The van der Waals surface area contributed by atoms with Gasteiger partial charge >= 0.3 is 5.97 Å². The summed E-state index contributed by atoms with van der Waals surface area (Å²) in [4.78, 5) is 34.8. The van der Waals surface area contributed by atoms with Crippen molar-refractivity contribution < 1.29 is 24.2 Å². The normalized spacial score (nSPS) is 11.7. The summed E-state index contributed by atoms with van der Waals surface area (Å²) >= 11 is 0. The van der Waals surface area contributed by atoms with Crippen molar-refractivity contribution in [3.8, 4) is 11.5 Å². The zero-order valence-electron chi connectivity index (χ0n) is 15.6. The van der Waals surface area contributed by atoms with E-state index >= 15 is 0 Å². The van der Waals surface area contributed by atoms with E-state index in [0.717, 1.165) is 0 Å². The molecule has 0 spiro atoms. The third kappa shape index (κ3) is 5.95. The lowest BCUT2D eigenvalue weighted by atomic mass is 10.0. The minimum atomic E-state index is -1.05. The highest BCUT2D eigenvalue weighted by atomic mass is 16.5. The van der Waals surface area contributed by atoms with Crippen molar-refractivity contribution in [3.63, 3.8) is 0 Å². The van der Waals surface area contributed by atoms with Crippen LogP contribution in [0.25, 0.3) is 0 Å². The lowest BCUT2D eigenvalue weighted by Gasteiger charge is -2.16. The van der Waals surface area contributed by atoms with Crippen LogP contribution in [-0.4, -0.2) is 28.8 Å². The topological polar surface area (TPSA) is 92.7 Å². The zero-order chi connectivity index (χ0) is 20.0. The molecule has 0 saturated heterocycles. The molecule has 1 atom stereocenters. The highest BCUT2D eigenvalue weighted by molar-refractivity contribution is 5.96. The Morgan fingerprint density at radius 3 is 1.81 bits per heavy atom. The third-order valence-electron chi connectivity index (χ3n) is 3.92. The number of Topliss-reactive ketones (excluding diaryl/α,β-unsaturated/α-hetero) is 1. The number of carboxylic acids is 1. The number of benzene rings is 2. The molecule has 0 saturated carbocycles. The summed E-state index contributed by atoms with van der Waals surface area (Å²) in [5.74, 6) is -0.267. The molecule has 1 unspecified atom stereocenters. The van der Waals surface area contributed by atoms with Gasteiger partial charge in [-0.05, 0) is 67.8 Å². The van der Waals surface area contributed by atoms with Crippen molar-refractivity contribution in [1.29, 1.82) is 0 Å². The maximum absolute atomic E-state index is 12.3. The minimum Gasteiger partial charge on any atom is -0.480 e. The van der Waals surface area contributed by atoms with Crippen LogP contribution >= 0.6 is 0 Å². The Balaban J connectivity index is 2.02. The fourth-order valence-corrected chi connectivity index (χ4v) is 2.50. The van der Waals surface area contributed by atoms with Gasteiger partial charge in [0.05, 0.1) is 0 Å². The molecule has 0 aliphatic carbocycles. The van der Waals surface area contributed by atoms with Gasteiger partial charge < -0.3 is 15.2 Å². The molecule has 2 N–H and O–H groups in total. The van der Waals surface area contributed by atoms with Crippen molar-refractivity contribution in [2.75, 3.05) is 0 Å². The molecule has 2 aromatic carbocycles. The fraction of sp³-hybridized carbons (Fsp3) is 0.286. The first-order valence-corrected chi connectivity index (χ1v) is 8.69. The first-order chi connectivity index (χ1) is 12.8. The highest BCUT2D eigenvalue weighted by Crippen LogP contribution is 2.22. The van der Waals surface area contributed by atoms with Crippen molar-refractivity contribution >= 4 is 17.7 Å². The smallest absolute Gasteiger partial charge is 0.326 e. The predicted octanol–water partition coefficient (Wildman–Crippen LogP) is 3.91. The van der Waals surface area contributed by atoms with E-state index in [0.29, 0.717) is 29.0 Å². The van der Waals surface area contributed by atoms with E-state index in [1.165, 1.54) is 6.92 Å². The van der Waals surface area contributed by atoms with E-state index < -0.39 is 17.9 Å². The SMILES string of the molecule is CC(=O)c1ccc(Oc2ccc(C(=O)NC(CC(C)C)C(=O)O)cc2)cc1. The van der Waals surface area contributed by atoms with Crippen LogP contribution in [0, 0.1) is 5.92 Å². The van der Waals surface area contributed by atoms with E-state index in [9.17, 15) is 19.5 Å². The highest BCUT2D eigenvalue weighted by Gasteiger charge is 2.21. The molecule has 2 rings (SSSR count). The van der Waals surface area contributed by atoms with Gasteiger partial charge in [0.15, 0.2) is 5.78 Å². The standard InChI is InChI=1S/C21H23NO5/c1-13(2)12-19(21(25)26)22-20(24)16-6-10-18(11-7-16)27-17-8-4-15(5-9-17)14(3)23/h4-11,13,19H,12H2,1-3H3,(H,22,24)(H,25,26). The molecule has 0 bridgehead atoms. The number of aliphatic carboxylic acids is 1. The number of carboxylic acid groups (broad SMARTS) is 1. The van der Waals surface area contributed by atoms with Gasteiger partial charge in [0, 0.05) is 11.1 Å². The second-order valence-electron chi connectivity index (χ2n) is 6.70. The molecule has 0 aliphatic rings. The van der Waals surface area contributed by atoms with Gasteiger partial charge in [-0.2, -0.15) is 0 Å². The second-order valence-corrected chi connectivity index (χ2v) is 6.70. The quantitative estimate of drug-likeness (QED) is 0.688. The summed E-state index contributed by atoms with van der Waals surface area (Å²) in [7, 11) is 0. The molecule has 0 aromatic heterocycles. The van der Waals surface area contributed by atoms with E-state index in [2.05, 4.69) is 5.32 Å². The monoisotopic (exact) mass is 369 g/mol. The van der Waals surface area contributed by atoms with E-state index in [4.69, 9.17) is 4.74 Å². The third-order valence-corrected chi connectivity index (χ3v) is 3.92. The van der Waals surface area contributed by atoms with Crippen LogP contribution in [0.3, 0.4) is 0 Å². The molecule has 1 amide bonds. The average molecular weight is 369 g/mol. The molecule has 2 aromatic rings. The Morgan fingerprint density at radius 2 is 1.41 bits per heavy atom. The number of carbonyl (C=O) groups is 3. The van der Waals surface area contributed by atoms with Gasteiger partial charge in [-0.1, -0.05) is 13.8 Å². The number of ketones is 1. The van der Waals surface area contributed by atoms with Gasteiger partial charge in [0.2, 0.25) is 0 Å². The summed E-state index contributed by atoms with van der Waals surface area (Å²) in [5.41, 5.74) is 0.952. The first kappa shape index (κ1) is 20.2. The Morgan fingerprint density at radius 1 is 0.926 bits per heavy atom. The van der Waals surface area contributed by atoms with Crippen molar-refractivity contribution in [3.05, 3.63) is 59.7 Å². The summed E-state index contributed by atoms with van der Waals surface area (Å²) in [6.45, 7) is 5.30. The van der Waals surface area contributed by atoms with Crippen LogP contribution < -0.4 is 10.1 Å². The van der Waals surface area contributed by atoms with Gasteiger partial charge in [0.1, 0.15) is 17.5 Å². The maximum Gasteiger partial charge on any atom is 0.326 e. The average Bonchev–Trinajstić information content (AvgIpc) is 2.61. The zero-order valence-corrected chi connectivity index (χ0v) is 15.6. The number of carbonyl (C=O) groups excluding carboxylic acids is 2. The van der Waals surface area contributed by atoms with Crippen LogP contribution in [0.5, 0.6) is 11.5 Å². The molecule has 0 radical (unpaired) electrons. The Kier molecular flexibility index (Phi) is 6.71. The minimum absolute atomic E-state index is 0.0194. The van der Waals surface area contributed by atoms with E-state index in [-0.39, 0.29) is 11.7 Å². The molecular weight excluding hydrogens is 346 g/mol. The van der Waals surface area contributed by atoms with E-state index in [1.807, 2.05) is 13.8 Å². The van der Waals surface area contributed by atoms with Crippen molar-refractivity contribution in [2.45, 2.75) is 33.2 Å². The summed E-state index contributed by atoms with van der Waals surface area (Å²) < 4.78 is 5.68. The number of nitrogens with one attached hydrogen (secondary N) is 1. The van der Waals surface area contributed by atoms with Crippen molar-refractivity contribution in [2.24, 2.45) is 5.92 Å². The second kappa shape index (κ2) is 8.98. The Labute approximate surface area is 158 Å². The van der Waals surface area contributed by atoms with Crippen molar-refractivity contribution in [1.82, 2.24) is 5.32 Å². The van der Waals surface area contributed by atoms with Crippen LogP contribution in [0.1, 0.15) is 47.9 Å². The number of hydrogen-bond donors (Lipinski definition) is 2. The number of ether oxygens (including phenoxy) is 1. The Bertz CT molecular complexity index is 809. The molecule has 0 aliphatic heterocycles. The molecule has 142 valence electrons. The molecule has 6 heteroatoms. The summed E-state index contributed by atoms with van der Waals surface area (Å²) in [6, 6.07) is 12.2. The molecule has 6 nitrogen and oxygen atoms in total. The first-order valence-electron chi connectivity index (χ1n) is 8.69.